The molecule has 3 aromatic carbocycles. The number of hydrogen-bond acceptors (Lipinski definition) is 13. The lowest BCUT2D eigenvalue weighted by atomic mass is 10.1. The van der Waals surface area contributed by atoms with Crippen molar-refractivity contribution in [1.29, 1.82) is 0 Å². The first-order chi connectivity index (χ1) is 26.7. The number of hydrogen-bond donors (Lipinski definition) is 4. The second-order valence-electron chi connectivity index (χ2n) is 11.7. The van der Waals surface area contributed by atoms with Crippen molar-refractivity contribution in [3.8, 4) is 11.5 Å². The van der Waals surface area contributed by atoms with E-state index in [1.165, 1.54) is 30.9 Å². The summed E-state index contributed by atoms with van der Waals surface area (Å²) in [6.45, 7) is 2.47. The van der Waals surface area contributed by atoms with Gasteiger partial charge >= 0.3 is 22.8 Å². The van der Waals surface area contributed by atoms with Crippen LogP contribution in [0.25, 0.3) is 0 Å². The standard InChI is InChI=1S/C14H9Cl2NO5.C14H13ClFN3O3S2.C5H12NO4P/c1-21-14(18)10-7-9(3-4-12(10)17(19)20)22-13-5-2-8(15)6-11(13)16;15-8-5-9(16)10(6-11(8)23-7-12(20)21)17-13-18-3-1-2-4-19(18)14(22)24-13;1-11(9,10)3-2-4(6)5(7)8/h2-7H,1H3;5-6H,1-4,7H2,(H,20,21);4H,2-3,6H2,1H3,(H,7,8)(H,9,10). The number of benzene rings is 3. The SMILES string of the molecule is COC(=O)c1cc(Oc2ccc(Cl)cc2Cl)ccc1[N+](=O)[O-].CP(=O)(O)CCC(N)C(=O)O.O=C(O)CSc1cc(N=c2sc(=O)n3n2CCCC3)c(F)cc1Cl. The number of rotatable bonds is 12. The van der Waals surface area contributed by atoms with Gasteiger partial charge in [0.1, 0.15) is 34.6 Å². The molecular weight excluding hydrogens is 879 g/mol. The zero-order valence-electron chi connectivity index (χ0n) is 29.8. The van der Waals surface area contributed by atoms with Crippen LogP contribution in [0, 0.1) is 15.9 Å². The van der Waals surface area contributed by atoms with Gasteiger partial charge in [0.15, 0.2) is 7.37 Å². The summed E-state index contributed by atoms with van der Waals surface area (Å²) in [6, 6.07) is 9.84. The van der Waals surface area contributed by atoms with Crippen molar-refractivity contribution in [2.24, 2.45) is 10.7 Å². The summed E-state index contributed by atoms with van der Waals surface area (Å²) in [5, 5.41) is 28.8. The molecule has 5 N–H and O–H groups in total. The fraction of sp³-hybridized carbons (Fsp3) is 0.303. The van der Waals surface area contributed by atoms with Crippen LogP contribution >= 0.6 is 65.3 Å². The van der Waals surface area contributed by atoms with Crippen LogP contribution in [-0.4, -0.2) is 79.0 Å². The molecule has 2 atom stereocenters. The molecule has 308 valence electrons. The topological polar surface area (TPSA) is 256 Å². The highest BCUT2D eigenvalue weighted by Crippen LogP contribution is 2.36. The average molecular weight is 913 g/mol. The zero-order valence-corrected chi connectivity index (χ0v) is 34.6. The molecule has 2 heterocycles. The van der Waals surface area contributed by atoms with Crippen molar-refractivity contribution in [3.63, 3.8) is 0 Å². The number of methoxy groups -OCH3 is 1. The van der Waals surface area contributed by atoms with E-state index in [0.717, 1.165) is 55.2 Å². The van der Waals surface area contributed by atoms with Gasteiger partial charge in [-0.3, -0.25) is 33.7 Å². The summed E-state index contributed by atoms with van der Waals surface area (Å²) in [5.41, 5.74) is 4.54. The number of aliphatic carboxylic acids is 2. The van der Waals surface area contributed by atoms with Crippen LogP contribution in [0.1, 0.15) is 29.6 Å². The maximum atomic E-state index is 14.2. The Bertz CT molecular complexity index is 2320. The third-order valence-electron chi connectivity index (χ3n) is 7.32. The number of carboxylic acids is 2. The number of nitro groups is 1. The highest BCUT2D eigenvalue weighted by molar-refractivity contribution is 8.00. The van der Waals surface area contributed by atoms with Crippen molar-refractivity contribution in [2.75, 3.05) is 25.7 Å². The number of carbonyl (C=O) groups excluding carboxylic acids is 1. The first-order valence-electron chi connectivity index (χ1n) is 16.2. The van der Waals surface area contributed by atoms with Gasteiger partial charge < -0.3 is 30.3 Å². The number of esters is 1. The van der Waals surface area contributed by atoms with Crippen LogP contribution in [0.5, 0.6) is 11.5 Å². The maximum Gasteiger partial charge on any atom is 0.345 e. The Morgan fingerprint density at radius 3 is 2.33 bits per heavy atom. The molecule has 1 aliphatic rings. The summed E-state index contributed by atoms with van der Waals surface area (Å²) >= 11 is 19.7. The molecule has 0 saturated heterocycles. The number of nitro benzene ring substituents is 1. The second-order valence-corrected chi connectivity index (χ2v) is 17.5. The predicted molar refractivity (Wildman–Crippen MR) is 213 cm³/mol. The van der Waals surface area contributed by atoms with Crippen molar-refractivity contribution in [3.05, 3.63) is 99.6 Å². The van der Waals surface area contributed by atoms with Gasteiger partial charge in [-0.05, 0) is 67.0 Å². The molecule has 0 aliphatic carbocycles. The number of nitrogens with zero attached hydrogens (tertiary/aromatic N) is 4. The van der Waals surface area contributed by atoms with Crippen LogP contribution in [0.15, 0.2) is 63.2 Å². The molecular formula is C33H34Cl3FN5O12PS2. The summed E-state index contributed by atoms with van der Waals surface area (Å²) in [5.74, 6) is -3.26. The van der Waals surface area contributed by atoms with E-state index in [1.807, 2.05) is 0 Å². The van der Waals surface area contributed by atoms with Crippen molar-refractivity contribution in [2.45, 2.75) is 43.3 Å². The van der Waals surface area contributed by atoms with E-state index >= 15 is 0 Å². The number of aromatic nitrogens is 2. The molecule has 0 saturated carbocycles. The lowest BCUT2D eigenvalue weighted by Gasteiger charge is -2.15. The second kappa shape index (κ2) is 21.5. The van der Waals surface area contributed by atoms with Crippen LogP contribution in [-0.2, 0) is 32.0 Å². The lowest BCUT2D eigenvalue weighted by molar-refractivity contribution is -0.385. The Morgan fingerprint density at radius 1 is 1.09 bits per heavy atom. The first kappa shape index (κ1) is 47.1. The summed E-state index contributed by atoms with van der Waals surface area (Å²) < 4.78 is 38.2. The molecule has 0 radical (unpaired) electrons. The molecule has 0 fully saturated rings. The predicted octanol–water partition coefficient (Wildman–Crippen LogP) is 6.88. The number of fused-ring (bicyclic) bond motifs is 1. The monoisotopic (exact) mass is 911 g/mol. The fourth-order valence-electron chi connectivity index (χ4n) is 4.57. The van der Waals surface area contributed by atoms with Gasteiger partial charge in [-0.25, -0.2) is 18.9 Å². The van der Waals surface area contributed by atoms with E-state index < -0.39 is 42.1 Å². The number of nitrogens with two attached hydrogens (primary N) is 1. The van der Waals surface area contributed by atoms with E-state index in [9.17, 15) is 38.2 Å². The molecule has 0 bridgehead atoms. The Kier molecular flexibility index (Phi) is 17.8. The van der Waals surface area contributed by atoms with Crippen LogP contribution in [0.3, 0.4) is 0 Å². The van der Waals surface area contributed by atoms with Gasteiger partial charge in [-0.1, -0.05) is 34.8 Å². The molecule has 17 nitrogen and oxygen atoms in total. The normalized spacial score (nSPS) is 13.7. The van der Waals surface area contributed by atoms with Crippen LogP contribution in [0.4, 0.5) is 15.8 Å². The molecule has 57 heavy (non-hydrogen) atoms. The van der Waals surface area contributed by atoms with Gasteiger partial charge in [0.25, 0.3) is 5.69 Å². The molecule has 1 aromatic heterocycles. The van der Waals surface area contributed by atoms with E-state index in [2.05, 4.69) is 9.73 Å². The van der Waals surface area contributed by atoms with E-state index in [-0.39, 0.29) is 55.9 Å². The van der Waals surface area contributed by atoms with E-state index in [1.54, 1.807) is 21.5 Å². The van der Waals surface area contributed by atoms with E-state index in [0.29, 0.717) is 33.6 Å². The van der Waals surface area contributed by atoms with Crippen molar-refractivity contribution < 1.29 is 52.8 Å². The van der Waals surface area contributed by atoms with Crippen molar-refractivity contribution in [1.82, 2.24) is 9.36 Å². The average Bonchev–Trinajstić information content (AvgIpc) is 3.46. The van der Waals surface area contributed by atoms with Crippen LogP contribution in [0.2, 0.25) is 15.1 Å². The fourth-order valence-corrected chi connectivity index (χ4v) is 7.65. The minimum absolute atomic E-state index is 0.0370. The summed E-state index contributed by atoms with van der Waals surface area (Å²) in [7, 11) is -1.97. The molecule has 0 spiro atoms. The van der Waals surface area contributed by atoms with E-state index in [4.69, 9.17) is 60.4 Å². The number of halogens is 4. The van der Waals surface area contributed by atoms with Crippen LogP contribution < -0.4 is 20.1 Å². The number of carboxylic acid groups (broad SMARTS) is 2. The molecule has 4 aromatic rings. The molecule has 0 amide bonds. The van der Waals surface area contributed by atoms with Gasteiger partial charge in [0, 0.05) is 48.0 Å². The zero-order chi connectivity index (χ0) is 42.6. The largest absolute Gasteiger partial charge is 0.481 e. The third kappa shape index (κ3) is 14.6. The van der Waals surface area contributed by atoms with Gasteiger partial charge in [-0.15, -0.1) is 11.8 Å². The minimum atomic E-state index is -3.10. The molecule has 1 aliphatic heterocycles. The van der Waals surface area contributed by atoms with Crippen molar-refractivity contribution >= 4 is 94.6 Å². The Labute approximate surface area is 346 Å². The quantitative estimate of drug-likeness (QED) is 0.0372. The Balaban J connectivity index is 0.000000245. The summed E-state index contributed by atoms with van der Waals surface area (Å²) in [4.78, 5) is 68.4. The lowest BCUT2D eigenvalue weighted by Crippen LogP contribution is -2.31. The molecule has 2 unspecified atom stereocenters. The maximum absolute atomic E-state index is 14.2. The molecule has 5 rings (SSSR count). The smallest absolute Gasteiger partial charge is 0.345 e. The minimum Gasteiger partial charge on any atom is -0.481 e. The van der Waals surface area contributed by atoms with Gasteiger partial charge in [-0.2, -0.15) is 0 Å². The highest BCUT2D eigenvalue weighted by Gasteiger charge is 2.22. The highest BCUT2D eigenvalue weighted by atomic mass is 35.5. The first-order valence-corrected chi connectivity index (χ1v) is 21.4. The number of carbonyl (C=O) groups is 3. The Hall–Kier alpha value is -4.27. The Morgan fingerprint density at radius 2 is 1.75 bits per heavy atom. The number of ether oxygens (including phenoxy) is 2. The van der Waals surface area contributed by atoms with Gasteiger partial charge in [0.05, 0.1) is 27.8 Å². The van der Waals surface area contributed by atoms with Gasteiger partial charge in [0.2, 0.25) is 4.80 Å². The molecule has 24 heteroatoms. The summed E-state index contributed by atoms with van der Waals surface area (Å²) in [6.07, 6.45) is 1.87. The number of thioether (sulfide) groups is 1. The third-order valence-corrected chi connectivity index (χ3v) is 11.3.